The maximum atomic E-state index is 13.8. The molecule has 0 unspecified atom stereocenters. The normalized spacial score (nSPS) is 14.1. The van der Waals surface area contributed by atoms with Gasteiger partial charge in [0.2, 0.25) is 0 Å². The molecular weight excluding hydrogens is 363 g/mol. The van der Waals surface area contributed by atoms with Crippen LogP contribution in [0.1, 0.15) is 39.5 Å². The Labute approximate surface area is 164 Å². The number of nitrogens with zero attached hydrogens (tertiary/aromatic N) is 3. The van der Waals surface area contributed by atoms with E-state index in [9.17, 15) is 4.39 Å². The molecule has 2 aromatic rings. The van der Waals surface area contributed by atoms with Gasteiger partial charge in [-0.1, -0.05) is 6.07 Å². The van der Waals surface area contributed by atoms with Crippen molar-refractivity contribution in [3.8, 4) is 0 Å². The Morgan fingerprint density at radius 2 is 2.19 bits per heavy atom. The fourth-order valence-electron chi connectivity index (χ4n) is 3.32. The summed E-state index contributed by atoms with van der Waals surface area (Å²) in [4.78, 5) is 12.7. The van der Waals surface area contributed by atoms with E-state index in [2.05, 4.69) is 15.2 Å². The van der Waals surface area contributed by atoms with Gasteiger partial charge < -0.3 is 15.0 Å². The summed E-state index contributed by atoms with van der Waals surface area (Å²) in [5.41, 5.74) is 2.84. The minimum atomic E-state index is -0.241. The van der Waals surface area contributed by atoms with Crippen molar-refractivity contribution < 1.29 is 9.13 Å². The Bertz CT molecular complexity index is 782. The second-order valence-electron chi connectivity index (χ2n) is 6.80. The number of hydrogen-bond acceptors (Lipinski definition) is 4. The lowest BCUT2D eigenvalue weighted by Gasteiger charge is -2.21. The van der Waals surface area contributed by atoms with Crippen LogP contribution in [0.15, 0.2) is 23.2 Å². The maximum absolute atomic E-state index is 13.8. The molecule has 146 valence electrons. The molecule has 5 nitrogen and oxygen atoms in total. The molecule has 0 saturated heterocycles. The average Bonchev–Trinajstić information content (AvgIpc) is 3.07. The number of aromatic nitrogens is 1. The number of nitrogens with one attached hydrogen (secondary N) is 1. The van der Waals surface area contributed by atoms with Crippen LogP contribution in [0.4, 0.5) is 4.39 Å². The van der Waals surface area contributed by atoms with Crippen molar-refractivity contribution >= 4 is 17.3 Å². The first-order valence-electron chi connectivity index (χ1n) is 9.26. The highest BCUT2D eigenvalue weighted by Crippen LogP contribution is 2.27. The molecule has 1 aliphatic rings. The molecule has 7 heteroatoms. The van der Waals surface area contributed by atoms with E-state index in [1.165, 1.54) is 29.5 Å². The Morgan fingerprint density at radius 1 is 1.37 bits per heavy atom. The van der Waals surface area contributed by atoms with Gasteiger partial charge in [0.15, 0.2) is 5.96 Å². The molecule has 0 atom stereocenters. The van der Waals surface area contributed by atoms with Gasteiger partial charge >= 0.3 is 0 Å². The summed E-state index contributed by atoms with van der Waals surface area (Å²) < 4.78 is 18.8. The molecule has 1 aromatic carbocycles. The van der Waals surface area contributed by atoms with Gasteiger partial charge in [0.05, 0.1) is 18.8 Å². The summed E-state index contributed by atoms with van der Waals surface area (Å²) in [5, 5.41) is 4.48. The van der Waals surface area contributed by atoms with Gasteiger partial charge in [-0.05, 0) is 43.4 Å². The number of thiazole rings is 1. The largest absolute Gasteiger partial charge is 0.380 e. The van der Waals surface area contributed by atoms with Crippen LogP contribution in [0.25, 0.3) is 0 Å². The predicted octanol–water partition coefficient (Wildman–Crippen LogP) is 3.51. The molecule has 1 heterocycles. The van der Waals surface area contributed by atoms with Crippen LogP contribution >= 0.6 is 11.3 Å². The van der Waals surface area contributed by atoms with Crippen molar-refractivity contribution in [2.45, 2.75) is 45.4 Å². The molecule has 0 amide bonds. The highest BCUT2D eigenvalue weighted by atomic mass is 32.1. The Morgan fingerprint density at radius 3 is 2.93 bits per heavy atom. The Hall–Kier alpha value is -1.99. The van der Waals surface area contributed by atoms with Crippen LogP contribution in [0.2, 0.25) is 0 Å². The SMILES string of the molecule is CN=C(NCc1ccc(F)c(COC)c1)N(C)Cc1nc2c(s1)CCCC2. The van der Waals surface area contributed by atoms with E-state index in [1.807, 2.05) is 24.5 Å². The number of guanidine groups is 1. The summed E-state index contributed by atoms with van der Waals surface area (Å²) in [6.45, 7) is 1.57. The number of aryl methyl sites for hydroxylation is 2. The van der Waals surface area contributed by atoms with Gasteiger partial charge in [-0.3, -0.25) is 4.99 Å². The molecule has 0 saturated carbocycles. The number of rotatable bonds is 6. The van der Waals surface area contributed by atoms with Crippen molar-refractivity contribution in [1.82, 2.24) is 15.2 Å². The van der Waals surface area contributed by atoms with E-state index in [-0.39, 0.29) is 12.4 Å². The van der Waals surface area contributed by atoms with Crippen LogP contribution < -0.4 is 5.32 Å². The summed E-state index contributed by atoms with van der Waals surface area (Å²) >= 11 is 1.82. The Balaban J connectivity index is 1.60. The molecule has 1 aromatic heterocycles. The lowest BCUT2D eigenvalue weighted by Crippen LogP contribution is -2.38. The lowest BCUT2D eigenvalue weighted by atomic mass is 10.0. The van der Waals surface area contributed by atoms with E-state index in [1.54, 1.807) is 20.2 Å². The lowest BCUT2D eigenvalue weighted by molar-refractivity contribution is 0.181. The molecule has 1 aliphatic carbocycles. The van der Waals surface area contributed by atoms with Gasteiger partial charge in [0.25, 0.3) is 0 Å². The third-order valence-electron chi connectivity index (χ3n) is 4.70. The second-order valence-corrected chi connectivity index (χ2v) is 7.97. The van der Waals surface area contributed by atoms with Gasteiger partial charge in [0.1, 0.15) is 10.8 Å². The number of fused-ring (bicyclic) bond motifs is 1. The van der Waals surface area contributed by atoms with E-state index >= 15 is 0 Å². The zero-order valence-electron chi connectivity index (χ0n) is 16.2. The number of halogens is 1. The number of benzene rings is 1. The van der Waals surface area contributed by atoms with E-state index in [0.29, 0.717) is 12.1 Å². The quantitative estimate of drug-likeness (QED) is 0.606. The molecule has 0 radical (unpaired) electrons. The molecule has 1 N–H and O–H groups in total. The summed E-state index contributed by atoms with van der Waals surface area (Å²) in [7, 11) is 5.35. The zero-order valence-corrected chi connectivity index (χ0v) is 17.0. The van der Waals surface area contributed by atoms with Crippen molar-refractivity contribution in [3.05, 3.63) is 50.7 Å². The average molecular weight is 391 g/mol. The molecule has 27 heavy (non-hydrogen) atoms. The highest BCUT2D eigenvalue weighted by Gasteiger charge is 2.17. The van der Waals surface area contributed by atoms with Crippen LogP contribution in [-0.4, -0.2) is 37.0 Å². The fraction of sp³-hybridized carbons (Fsp3) is 0.500. The maximum Gasteiger partial charge on any atom is 0.194 e. The third-order valence-corrected chi connectivity index (χ3v) is 5.84. The summed E-state index contributed by atoms with van der Waals surface area (Å²) in [5.74, 6) is 0.552. The van der Waals surface area contributed by atoms with Crippen molar-refractivity contribution in [2.75, 3.05) is 21.2 Å². The number of methoxy groups -OCH3 is 1. The van der Waals surface area contributed by atoms with Crippen molar-refractivity contribution in [2.24, 2.45) is 4.99 Å². The first-order valence-corrected chi connectivity index (χ1v) is 10.1. The highest BCUT2D eigenvalue weighted by molar-refractivity contribution is 7.11. The van der Waals surface area contributed by atoms with E-state index < -0.39 is 0 Å². The first kappa shape index (κ1) is 19.8. The monoisotopic (exact) mass is 390 g/mol. The second kappa shape index (κ2) is 9.28. The van der Waals surface area contributed by atoms with E-state index in [0.717, 1.165) is 35.9 Å². The van der Waals surface area contributed by atoms with Crippen molar-refractivity contribution in [1.29, 1.82) is 0 Å². The molecule has 0 aliphatic heterocycles. The van der Waals surface area contributed by atoms with Gasteiger partial charge in [0, 0.05) is 38.2 Å². The van der Waals surface area contributed by atoms with Crippen LogP contribution in [0.3, 0.4) is 0 Å². The Kier molecular flexibility index (Phi) is 6.79. The van der Waals surface area contributed by atoms with E-state index in [4.69, 9.17) is 9.72 Å². The molecule has 0 bridgehead atoms. The molecule has 3 rings (SSSR count). The zero-order chi connectivity index (χ0) is 19.2. The minimum Gasteiger partial charge on any atom is -0.380 e. The number of ether oxygens (including phenoxy) is 1. The topological polar surface area (TPSA) is 49.8 Å². The standard InChI is InChI=1S/C20H27FN4OS/c1-22-20(23-11-14-8-9-16(21)15(10-14)13-26-3)25(2)12-19-24-17-6-4-5-7-18(17)27-19/h8-10H,4-7,11-13H2,1-3H3,(H,22,23). The summed E-state index contributed by atoms with van der Waals surface area (Å²) in [6.07, 6.45) is 4.79. The minimum absolute atomic E-state index is 0.241. The molecule has 0 spiro atoms. The van der Waals surface area contributed by atoms with Crippen LogP contribution in [0.5, 0.6) is 0 Å². The number of aliphatic imine (C=N–C) groups is 1. The smallest absolute Gasteiger partial charge is 0.194 e. The summed E-state index contributed by atoms with van der Waals surface area (Å²) in [6, 6.07) is 5.09. The van der Waals surface area contributed by atoms with Crippen molar-refractivity contribution in [3.63, 3.8) is 0 Å². The van der Waals surface area contributed by atoms with Gasteiger partial charge in [-0.15, -0.1) is 11.3 Å². The molecule has 0 fully saturated rings. The third kappa shape index (κ3) is 5.05. The fourth-order valence-corrected chi connectivity index (χ4v) is 4.53. The van der Waals surface area contributed by atoms with Crippen LogP contribution in [0, 0.1) is 5.82 Å². The first-order chi connectivity index (χ1) is 13.1. The van der Waals surface area contributed by atoms with Gasteiger partial charge in [-0.2, -0.15) is 0 Å². The number of hydrogen-bond donors (Lipinski definition) is 1. The molecular formula is C20H27FN4OS. The predicted molar refractivity (Wildman–Crippen MR) is 108 cm³/mol. The van der Waals surface area contributed by atoms with Crippen LogP contribution in [-0.2, 0) is 37.3 Å². The van der Waals surface area contributed by atoms with Gasteiger partial charge in [-0.25, -0.2) is 9.37 Å².